The van der Waals surface area contributed by atoms with Crippen LogP contribution in [0.2, 0.25) is 0 Å². The molecule has 5 heteroatoms. The van der Waals surface area contributed by atoms with Crippen LogP contribution in [0.1, 0.15) is 51.7 Å². The summed E-state index contributed by atoms with van der Waals surface area (Å²) in [5, 5.41) is 0. The molecule has 24 heavy (non-hydrogen) atoms. The molecular formula is C19H24N4S. The molecule has 0 saturated carbocycles. The van der Waals surface area contributed by atoms with Crippen molar-refractivity contribution in [1.82, 2.24) is 14.9 Å². The second-order valence-electron chi connectivity index (χ2n) is 6.86. The highest BCUT2D eigenvalue weighted by molar-refractivity contribution is 7.12. The lowest BCUT2D eigenvalue weighted by molar-refractivity contribution is 0.245. The van der Waals surface area contributed by atoms with E-state index in [0.29, 0.717) is 0 Å². The number of hydrogen-bond acceptors (Lipinski definition) is 5. The van der Waals surface area contributed by atoms with Gasteiger partial charge in [-0.1, -0.05) is 0 Å². The number of aromatic nitrogens is 2. The van der Waals surface area contributed by atoms with Gasteiger partial charge in [0.05, 0.1) is 11.4 Å². The van der Waals surface area contributed by atoms with Gasteiger partial charge in [0.1, 0.15) is 0 Å². The van der Waals surface area contributed by atoms with E-state index in [-0.39, 0.29) is 0 Å². The fraction of sp³-hybridized carbons (Fsp3) is 0.526. The summed E-state index contributed by atoms with van der Waals surface area (Å²) in [4.78, 5) is 19.5. The van der Waals surface area contributed by atoms with Crippen LogP contribution in [0.5, 0.6) is 0 Å². The topological polar surface area (TPSA) is 41.4 Å². The Morgan fingerprint density at radius 2 is 2.12 bits per heavy atom. The Balaban J connectivity index is 1.48. The molecular weight excluding hydrogens is 316 g/mol. The maximum Gasteiger partial charge on any atom is 0.173 e. The van der Waals surface area contributed by atoms with Crippen LogP contribution in [0.15, 0.2) is 17.3 Å². The highest BCUT2D eigenvalue weighted by Gasteiger charge is 2.20. The van der Waals surface area contributed by atoms with Crippen molar-refractivity contribution < 1.29 is 0 Å². The number of aliphatic imine (C=N–C) groups is 1. The summed E-state index contributed by atoms with van der Waals surface area (Å²) in [5.74, 6) is 0.867. The molecule has 0 aliphatic carbocycles. The van der Waals surface area contributed by atoms with Crippen molar-refractivity contribution in [2.75, 3.05) is 13.1 Å². The highest BCUT2D eigenvalue weighted by atomic mass is 32.1. The largest absolute Gasteiger partial charge is 0.293 e. The first-order valence-corrected chi connectivity index (χ1v) is 9.67. The van der Waals surface area contributed by atoms with Gasteiger partial charge >= 0.3 is 0 Å². The molecule has 0 unspecified atom stereocenters. The zero-order valence-corrected chi connectivity index (χ0v) is 15.3. The molecule has 2 aliphatic rings. The highest BCUT2D eigenvalue weighted by Crippen LogP contribution is 2.25. The Morgan fingerprint density at radius 1 is 1.21 bits per heavy atom. The first-order valence-electron chi connectivity index (χ1n) is 8.86. The molecule has 0 atom stereocenters. The molecule has 4 nitrogen and oxygen atoms in total. The molecule has 126 valence electrons. The van der Waals surface area contributed by atoms with Gasteiger partial charge in [0, 0.05) is 54.1 Å². The van der Waals surface area contributed by atoms with Crippen molar-refractivity contribution in [2.24, 2.45) is 4.99 Å². The second kappa shape index (κ2) is 6.73. The van der Waals surface area contributed by atoms with Crippen molar-refractivity contribution in [2.45, 2.75) is 52.6 Å². The number of thiophene rings is 1. The Labute approximate surface area is 147 Å². The molecule has 0 saturated heterocycles. The van der Waals surface area contributed by atoms with E-state index in [1.165, 1.54) is 39.4 Å². The van der Waals surface area contributed by atoms with Crippen molar-refractivity contribution in [3.05, 3.63) is 44.7 Å². The smallest absolute Gasteiger partial charge is 0.173 e. The van der Waals surface area contributed by atoms with Gasteiger partial charge in [-0.3, -0.25) is 9.89 Å². The molecule has 0 aromatic carbocycles. The molecule has 2 aliphatic heterocycles. The van der Waals surface area contributed by atoms with Crippen molar-refractivity contribution in [1.29, 1.82) is 0 Å². The lowest BCUT2D eigenvalue weighted by atomic mass is 10.1. The Bertz CT molecular complexity index is 758. The fourth-order valence-corrected chi connectivity index (χ4v) is 4.57. The molecule has 0 N–H and O–H groups in total. The maximum atomic E-state index is 4.83. The average molecular weight is 340 g/mol. The van der Waals surface area contributed by atoms with Crippen molar-refractivity contribution >= 4 is 17.0 Å². The minimum Gasteiger partial charge on any atom is -0.293 e. The van der Waals surface area contributed by atoms with Gasteiger partial charge in [-0.15, -0.1) is 11.3 Å². The van der Waals surface area contributed by atoms with E-state index in [1.54, 1.807) is 0 Å². The summed E-state index contributed by atoms with van der Waals surface area (Å²) in [7, 11) is 0. The Kier molecular flexibility index (Phi) is 4.46. The first-order chi connectivity index (χ1) is 11.7. The molecule has 0 radical (unpaired) electrons. The van der Waals surface area contributed by atoms with Gasteiger partial charge in [0.2, 0.25) is 0 Å². The first kappa shape index (κ1) is 15.9. The number of rotatable bonds is 3. The van der Waals surface area contributed by atoms with Crippen LogP contribution in [-0.2, 0) is 19.5 Å². The average Bonchev–Trinajstić information content (AvgIpc) is 2.92. The van der Waals surface area contributed by atoms with E-state index in [0.717, 1.165) is 50.6 Å². The number of fused-ring (bicyclic) bond motifs is 1. The Hall–Kier alpha value is -1.59. The van der Waals surface area contributed by atoms with Crippen LogP contribution in [0.3, 0.4) is 0 Å². The van der Waals surface area contributed by atoms with Gasteiger partial charge in [0.25, 0.3) is 0 Å². The molecule has 2 aromatic rings. The quantitative estimate of drug-likeness (QED) is 0.856. The fourth-order valence-electron chi connectivity index (χ4n) is 3.48. The van der Waals surface area contributed by atoms with E-state index >= 15 is 0 Å². The summed E-state index contributed by atoms with van der Waals surface area (Å²) < 4.78 is 0. The molecule has 2 aromatic heterocycles. The maximum absolute atomic E-state index is 4.83. The minimum absolute atomic E-state index is 0.867. The van der Waals surface area contributed by atoms with Crippen LogP contribution < -0.4 is 0 Å². The molecule has 0 spiro atoms. The SMILES string of the molecule is Cc1cc(CN2CCc3nc(C4=NCCCC4)ncc3C2)sc1C. The summed E-state index contributed by atoms with van der Waals surface area (Å²) in [5.41, 5.74) is 5.03. The third-order valence-corrected chi connectivity index (χ3v) is 6.13. The zero-order chi connectivity index (χ0) is 16.5. The lowest BCUT2D eigenvalue weighted by Crippen LogP contribution is -2.31. The molecule has 4 heterocycles. The van der Waals surface area contributed by atoms with E-state index in [4.69, 9.17) is 4.98 Å². The van der Waals surface area contributed by atoms with Gasteiger partial charge < -0.3 is 0 Å². The minimum atomic E-state index is 0.867. The molecule has 0 amide bonds. The van der Waals surface area contributed by atoms with Crippen LogP contribution in [0.25, 0.3) is 0 Å². The standard InChI is InChI=1S/C19H24N4S/c1-13-9-16(24-14(13)2)12-23-8-6-17-15(11-23)10-21-19(22-17)18-5-3-4-7-20-18/h9-10H,3-8,11-12H2,1-2H3. The monoisotopic (exact) mass is 340 g/mol. The van der Waals surface area contributed by atoms with Gasteiger partial charge in [-0.05, 0) is 44.7 Å². The second-order valence-corrected chi connectivity index (χ2v) is 8.20. The van der Waals surface area contributed by atoms with E-state index in [1.807, 2.05) is 17.5 Å². The summed E-state index contributed by atoms with van der Waals surface area (Å²) in [6.07, 6.45) is 6.49. The number of nitrogens with zero attached hydrogens (tertiary/aromatic N) is 4. The van der Waals surface area contributed by atoms with E-state index in [2.05, 4.69) is 34.8 Å². The van der Waals surface area contributed by atoms with Crippen LogP contribution in [0.4, 0.5) is 0 Å². The lowest BCUT2D eigenvalue weighted by Gasteiger charge is -2.27. The van der Waals surface area contributed by atoms with Gasteiger partial charge in [-0.25, -0.2) is 9.97 Å². The van der Waals surface area contributed by atoms with Crippen molar-refractivity contribution in [3.8, 4) is 0 Å². The third kappa shape index (κ3) is 3.28. The third-order valence-electron chi connectivity index (χ3n) is 4.99. The number of hydrogen-bond donors (Lipinski definition) is 0. The van der Waals surface area contributed by atoms with Crippen LogP contribution in [0, 0.1) is 13.8 Å². The zero-order valence-electron chi connectivity index (χ0n) is 14.5. The van der Waals surface area contributed by atoms with E-state index in [9.17, 15) is 0 Å². The number of aryl methyl sites for hydroxylation is 2. The molecule has 0 bridgehead atoms. The molecule has 4 rings (SSSR count). The predicted molar refractivity (Wildman–Crippen MR) is 98.9 cm³/mol. The van der Waals surface area contributed by atoms with Crippen LogP contribution in [-0.4, -0.2) is 33.7 Å². The van der Waals surface area contributed by atoms with Crippen molar-refractivity contribution in [3.63, 3.8) is 0 Å². The molecule has 0 fully saturated rings. The normalized spacial score (nSPS) is 18.3. The van der Waals surface area contributed by atoms with E-state index < -0.39 is 0 Å². The summed E-state index contributed by atoms with van der Waals surface area (Å²) in [6, 6.07) is 2.33. The summed E-state index contributed by atoms with van der Waals surface area (Å²) >= 11 is 1.92. The Morgan fingerprint density at radius 3 is 2.88 bits per heavy atom. The van der Waals surface area contributed by atoms with Gasteiger partial charge in [0.15, 0.2) is 5.82 Å². The summed E-state index contributed by atoms with van der Waals surface area (Å²) in [6.45, 7) is 8.41. The predicted octanol–water partition coefficient (Wildman–Crippen LogP) is 3.69. The van der Waals surface area contributed by atoms with Crippen LogP contribution >= 0.6 is 11.3 Å². The van der Waals surface area contributed by atoms with Gasteiger partial charge in [-0.2, -0.15) is 0 Å².